The molecule has 0 unspecified atom stereocenters. The minimum atomic E-state index is -0.483. The molecule has 2 aromatic rings. The van der Waals surface area contributed by atoms with Gasteiger partial charge in [0, 0.05) is 38.0 Å². The number of carbonyl (C=O) groups excluding carboxylic acids is 1. The van der Waals surface area contributed by atoms with E-state index in [1.54, 1.807) is 0 Å². The number of carbonyl (C=O) groups is 1. The Kier molecular flexibility index (Phi) is 4.37. The molecule has 0 radical (unpaired) electrons. The van der Waals surface area contributed by atoms with Crippen LogP contribution in [0.3, 0.4) is 0 Å². The highest BCUT2D eigenvalue weighted by atomic mass is 16.3. The summed E-state index contributed by atoms with van der Waals surface area (Å²) in [5.41, 5.74) is 1.86. The van der Waals surface area contributed by atoms with E-state index in [0.717, 1.165) is 69.6 Å². The zero-order chi connectivity index (χ0) is 21.2. The normalized spacial score (nSPS) is 34.5. The molecule has 1 amide bonds. The van der Waals surface area contributed by atoms with Gasteiger partial charge in [0.05, 0.1) is 11.1 Å². The number of hydrogen-bond donors (Lipinski definition) is 1. The molecule has 4 aliphatic carbocycles. The molecule has 4 saturated carbocycles. The lowest BCUT2D eigenvalue weighted by molar-refractivity contribution is -0.172. The minimum absolute atomic E-state index is 0.0596. The topological polar surface area (TPSA) is 56.7 Å². The second kappa shape index (κ2) is 6.93. The number of para-hydroxylation sites is 1. The first-order chi connectivity index (χ1) is 14.9. The molecule has 2 atom stereocenters. The smallest absolute Gasteiger partial charge is 0.223 e. The molecule has 2 heterocycles. The summed E-state index contributed by atoms with van der Waals surface area (Å²) in [6.45, 7) is 5.34. The van der Waals surface area contributed by atoms with Crippen molar-refractivity contribution in [2.75, 3.05) is 31.1 Å². The van der Waals surface area contributed by atoms with E-state index in [4.69, 9.17) is 4.98 Å². The number of aryl methyl sites for hydroxylation is 1. The quantitative estimate of drug-likeness (QED) is 0.819. The van der Waals surface area contributed by atoms with Crippen molar-refractivity contribution >= 4 is 22.6 Å². The van der Waals surface area contributed by atoms with Crippen LogP contribution < -0.4 is 4.90 Å². The van der Waals surface area contributed by atoms with Crippen LogP contribution in [0.2, 0.25) is 0 Å². The number of fused-ring (bicyclic) bond motifs is 1. The molecule has 5 fully saturated rings. The van der Waals surface area contributed by atoms with Crippen molar-refractivity contribution in [1.29, 1.82) is 0 Å². The van der Waals surface area contributed by atoms with E-state index in [2.05, 4.69) is 41.0 Å². The lowest BCUT2D eigenvalue weighted by Gasteiger charge is -2.60. The van der Waals surface area contributed by atoms with Crippen LogP contribution in [0.4, 0.5) is 5.82 Å². The summed E-state index contributed by atoms with van der Waals surface area (Å²) >= 11 is 0. The maximum atomic E-state index is 13.3. The van der Waals surface area contributed by atoms with E-state index in [1.165, 1.54) is 17.4 Å². The molecular formula is C26H33N3O2. The van der Waals surface area contributed by atoms with E-state index in [1.807, 2.05) is 6.07 Å². The summed E-state index contributed by atoms with van der Waals surface area (Å²) in [4.78, 5) is 22.5. The fraction of sp³-hybridized carbons (Fsp3) is 0.615. The molecule has 7 rings (SSSR count). The van der Waals surface area contributed by atoms with Crippen LogP contribution >= 0.6 is 0 Å². The summed E-state index contributed by atoms with van der Waals surface area (Å²) in [5, 5.41) is 12.2. The van der Waals surface area contributed by atoms with Gasteiger partial charge in [0.25, 0.3) is 0 Å². The average Bonchev–Trinajstić information content (AvgIpc) is 2.72. The van der Waals surface area contributed by atoms with Crippen LogP contribution in [0.25, 0.3) is 10.9 Å². The largest absolute Gasteiger partial charge is 0.390 e. The number of pyridine rings is 1. The molecule has 1 aromatic carbocycles. The SMILES string of the molecule is Cc1cc(N2CCN(C(=O)CC34C[C@H]5C[C@@H](CC(O)(C5)C3)C4)CC2)nc2ccccc12. The van der Waals surface area contributed by atoms with Crippen molar-refractivity contribution in [3.63, 3.8) is 0 Å². The number of rotatable bonds is 3. The van der Waals surface area contributed by atoms with E-state index in [-0.39, 0.29) is 5.41 Å². The Morgan fingerprint density at radius 3 is 2.52 bits per heavy atom. The number of amides is 1. The second-order valence-electron chi connectivity index (χ2n) is 11.0. The molecule has 5 nitrogen and oxygen atoms in total. The Morgan fingerprint density at radius 2 is 1.81 bits per heavy atom. The van der Waals surface area contributed by atoms with E-state index in [0.29, 0.717) is 24.2 Å². The Bertz CT molecular complexity index is 1010. The second-order valence-corrected chi connectivity index (χ2v) is 11.0. The Balaban J connectivity index is 1.12. The van der Waals surface area contributed by atoms with Gasteiger partial charge >= 0.3 is 0 Å². The molecule has 164 valence electrons. The number of aliphatic hydroxyl groups is 1. The lowest BCUT2D eigenvalue weighted by atomic mass is 9.47. The van der Waals surface area contributed by atoms with Crippen molar-refractivity contribution in [2.24, 2.45) is 17.3 Å². The highest BCUT2D eigenvalue weighted by Crippen LogP contribution is 2.62. The average molecular weight is 420 g/mol. The molecule has 5 aliphatic rings. The molecule has 1 aliphatic heterocycles. The zero-order valence-electron chi connectivity index (χ0n) is 18.5. The first kappa shape index (κ1) is 19.5. The number of hydrogen-bond acceptors (Lipinski definition) is 4. The van der Waals surface area contributed by atoms with Gasteiger partial charge in [-0.2, -0.15) is 0 Å². The molecule has 31 heavy (non-hydrogen) atoms. The fourth-order valence-corrected chi connectivity index (χ4v) is 7.72. The van der Waals surface area contributed by atoms with Crippen LogP contribution in [0.1, 0.15) is 50.5 Å². The highest BCUT2D eigenvalue weighted by molar-refractivity contribution is 5.84. The maximum absolute atomic E-state index is 13.3. The molecular weight excluding hydrogens is 386 g/mol. The molecule has 1 aromatic heterocycles. The fourth-order valence-electron chi connectivity index (χ4n) is 7.72. The van der Waals surface area contributed by atoms with Crippen molar-refractivity contribution in [1.82, 2.24) is 9.88 Å². The first-order valence-corrected chi connectivity index (χ1v) is 12.0. The van der Waals surface area contributed by atoms with Crippen LogP contribution in [-0.4, -0.2) is 52.7 Å². The van der Waals surface area contributed by atoms with Crippen LogP contribution in [0.5, 0.6) is 0 Å². The van der Waals surface area contributed by atoms with Crippen LogP contribution in [-0.2, 0) is 4.79 Å². The van der Waals surface area contributed by atoms with Gasteiger partial charge in [0.15, 0.2) is 0 Å². The van der Waals surface area contributed by atoms with Gasteiger partial charge in [-0.25, -0.2) is 4.98 Å². The van der Waals surface area contributed by atoms with Crippen molar-refractivity contribution in [3.8, 4) is 0 Å². The van der Waals surface area contributed by atoms with Crippen LogP contribution in [0.15, 0.2) is 30.3 Å². The predicted molar refractivity (Wildman–Crippen MR) is 122 cm³/mol. The van der Waals surface area contributed by atoms with Gasteiger partial charge in [-0.1, -0.05) is 18.2 Å². The molecule has 1 saturated heterocycles. The van der Waals surface area contributed by atoms with Crippen molar-refractivity contribution in [2.45, 2.75) is 57.5 Å². The zero-order valence-corrected chi connectivity index (χ0v) is 18.5. The number of benzene rings is 1. The maximum Gasteiger partial charge on any atom is 0.223 e. The van der Waals surface area contributed by atoms with Gasteiger partial charge < -0.3 is 14.9 Å². The van der Waals surface area contributed by atoms with Crippen molar-refractivity contribution in [3.05, 3.63) is 35.9 Å². The van der Waals surface area contributed by atoms with E-state index < -0.39 is 5.60 Å². The molecule has 5 heteroatoms. The molecule has 0 spiro atoms. The summed E-state index contributed by atoms with van der Waals surface area (Å²) in [7, 11) is 0. The monoisotopic (exact) mass is 419 g/mol. The molecule has 1 N–H and O–H groups in total. The minimum Gasteiger partial charge on any atom is -0.390 e. The summed E-state index contributed by atoms with van der Waals surface area (Å²) < 4.78 is 0. The standard InChI is InChI=1S/C26H33N3O2/c1-18-10-23(27-22-5-3-2-4-21(18)22)28-6-8-29(9-7-28)24(30)16-25-12-19-11-20(13-25)15-26(31,14-19)17-25/h2-5,10,19-20,31H,6-9,11-17H2,1H3/t19-,20-,25?,26?/m1/s1. The lowest BCUT2D eigenvalue weighted by Crippen LogP contribution is -2.57. The Labute approximate surface area is 184 Å². The Morgan fingerprint density at radius 1 is 1.10 bits per heavy atom. The Hall–Kier alpha value is -2.14. The summed E-state index contributed by atoms with van der Waals surface area (Å²) in [5.74, 6) is 2.59. The van der Waals surface area contributed by atoms with Crippen LogP contribution in [0, 0.1) is 24.2 Å². The van der Waals surface area contributed by atoms with Gasteiger partial charge in [0.1, 0.15) is 5.82 Å². The number of piperazine rings is 1. The van der Waals surface area contributed by atoms with Gasteiger partial charge in [0.2, 0.25) is 5.91 Å². The third-order valence-corrected chi connectivity index (χ3v) is 8.54. The third-order valence-electron chi connectivity index (χ3n) is 8.54. The predicted octanol–water partition coefficient (Wildman–Crippen LogP) is 3.91. The van der Waals surface area contributed by atoms with Gasteiger partial charge in [-0.3, -0.25) is 4.79 Å². The molecule has 4 bridgehead atoms. The number of aromatic nitrogens is 1. The first-order valence-electron chi connectivity index (χ1n) is 12.0. The van der Waals surface area contributed by atoms with E-state index >= 15 is 0 Å². The summed E-state index contributed by atoms with van der Waals surface area (Å²) in [6, 6.07) is 10.5. The number of anilines is 1. The number of nitrogens with zero attached hydrogens (tertiary/aromatic N) is 3. The van der Waals surface area contributed by atoms with Gasteiger partial charge in [-0.15, -0.1) is 0 Å². The van der Waals surface area contributed by atoms with E-state index in [9.17, 15) is 9.90 Å². The highest BCUT2D eigenvalue weighted by Gasteiger charge is 2.57. The van der Waals surface area contributed by atoms with Gasteiger partial charge in [-0.05, 0) is 80.4 Å². The third kappa shape index (κ3) is 3.42. The van der Waals surface area contributed by atoms with Crippen molar-refractivity contribution < 1.29 is 9.90 Å². The summed E-state index contributed by atoms with van der Waals surface area (Å²) in [6.07, 6.45) is 6.99.